The van der Waals surface area contributed by atoms with Crippen molar-refractivity contribution in [2.75, 3.05) is 5.73 Å². The zero-order valence-corrected chi connectivity index (χ0v) is 20.5. The second-order valence-electron chi connectivity index (χ2n) is 8.76. The molecule has 1 aromatic heterocycles. The van der Waals surface area contributed by atoms with Gasteiger partial charge in [0.05, 0.1) is 10.6 Å². The van der Waals surface area contributed by atoms with Gasteiger partial charge in [0.25, 0.3) is 15.9 Å². The van der Waals surface area contributed by atoms with Gasteiger partial charge in [-0.15, -0.1) is 0 Å². The molecule has 11 heteroatoms. The maximum absolute atomic E-state index is 13.0. The van der Waals surface area contributed by atoms with Crippen molar-refractivity contribution in [1.82, 2.24) is 20.0 Å². The van der Waals surface area contributed by atoms with Crippen LogP contribution in [0.15, 0.2) is 35.2 Å². The molecule has 180 valence electrons. The molecule has 0 aliphatic heterocycles. The third kappa shape index (κ3) is 7.41. The highest BCUT2D eigenvalue weighted by Gasteiger charge is 2.31. The van der Waals surface area contributed by atoms with Crippen LogP contribution in [0.1, 0.15) is 46.7 Å². The Morgan fingerprint density at radius 2 is 1.85 bits per heavy atom. The zero-order chi connectivity index (χ0) is 25.0. The number of anilines is 1. The summed E-state index contributed by atoms with van der Waals surface area (Å²) >= 11 is 0. The van der Waals surface area contributed by atoms with Crippen LogP contribution >= 0.6 is 0 Å². The van der Waals surface area contributed by atoms with Crippen LogP contribution in [0.2, 0.25) is 0 Å². The number of benzene rings is 1. The Balaban J connectivity index is 2.28. The van der Waals surface area contributed by atoms with E-state index in [9.17, 15) is 18.0 Å². The second-order valence-corrected chi connectivity index (χ2v) is 10.4. The molecule has 33 heavy (non-hydrogen) atoms. The van der Waals surface area contributed by atoms with Crippen LogP contribution in [0.5, 0.6) is 0 Å². The van der Waals surface area contributed by atoms with E-state index in [4.69, 9.17) is 10.5 Å². The molecule has 0 fully saturated rings. The van der Waals surface area contributed by atoms with E-state index in [0.29, 0.717) is 23.4 Å². The van der Waals surface area contributed by atoms with Gasteiger partial charge < -0.3 is 15.8 Å². The fourth-order valence-corrected chi connectivity index (χ4v) is 4.00. The molecule has 1 heterocycles. The molecular weight excluding hydrogens is 446 g/mol. The minimum absolute atomic E-state index is 0.0659. The standard InChI is InChI=1S/C22H31N5O5S/c1-7-13(2)18(26-21(29)32-22(4,5)6)19(28)27-33(30,31)16-10-8-9-15(12-16)17-11-14(3)24-20(23)25-17/h8-13,18H,7H2,1-6H3,(H,26,29)(H,27,28)(H2,23,24,25)/t13-,18-/m0/s1. The zero-order valence-electron chi connectivity index (χ0n) is 19.7. The molecule has 0 unspecified atom stereocenters. The molecular formula is C22H31N5O5S. The van der Waals surface area contributed by atoms with Crippen molar-refractivity contribution in [2.24, 2.45) is 5.92 Å². The summed E-state index contributed by atoms with van der Waals surface area (Å²) in [6.45, 7) is 10.4. The van der Waals surface area contributed by atoms with Crippen LogP contribution < -0.4 is 15.8 Å². The van der Waals surface area contributed by atoms with Gasteiger partial charge in [0.1, 0.15) is 11.6 Å². The van der Waals surface area contributed by atoms with Gasteiger partial charge >= 0.3 is 6.09 Å². The average molecular weight is 478 g/mol. The summed E-state index contributed by atoms with van der Waals surface area (Å²) in [5, 5.41) is 2.48. The number of nitrogens with one attached hydrogen (secondary N) is 2. The number of nitrogens with zero attached hydrogens (tertiary/aromatic N) is 2. The second kappa shape index (κ2) is 10.2. The van der Waals surface area contributed by atoms with Crippen molar-refractivity contribution in [3.8, 4) is 11.3 Å². The van der Waals surface area contributed by atoms with Gasteiger partial charge in [-0.25, -0.2) is 27.9 Å². The summed E-state index contributed by atoms with van der Waals surface area (Å²) in [6, 6.07) is 6.52. The van der Waals surface area contributed by atoms with E-state index in [0.717, 1.165) is 0 Å². The topological polar surface area (TPSA) is 153 Å². The van der Waals surface area contributed by atoms with Crippen LogP contribution in [0.25, 0.3) is 11.3 Å². The molecule has 0 aliphatic rings. The van der Waals surface area contributed by atoms with E-state index in [1.165, 1.54) is 18.2 Å². The molecule has 2 amide bonds. The van der Waals surface area contributed by atoms with Gasteiger partial charge in [-0.05, 0) is 51.8 Å². The van der Waals surface area contributed by atoms with Gasteiger partial charge in [-0.2, -0.15) is 0 Å². The number of sulfonamides is 1. The van der Waals surface area contributed by atoms with Gasteiger partial charge in [-0.3, -0.25) is 4.79 Å². The summed E-state index contributed by atoms with van der Waals surface area (Å²) in [4.78, 5) is 33.1. The molecule has 0 bridgehead atoms. The monoisotopic (exact) mass is 477 g/mol. The molecule has 10 nitrogen and oxygen atoms in total. The first-order valence-electron chi connectivity index (χ1n) is 10.5. The quantitative estimate of drug-likeness (QED) is 0.550. The molecule has 0 aliphatic carbocycles. The normalized spacial score (nSPS) is 13.6. The Morgan fingerprint density at radius 3 is 2.42 bits per heavy atom. The summed E-state index contributed by atoms with van der Waals surface area (Å²) < 4.78 is 33.2. The summed E-state index contributed by atoms with van der Waals surface area (Å²) in [7, 11) is -4.23. The first-order valence-corrected chi connectivity index (χ1v) is 12.0. The minimum atomic E-state index is -4.23. The lowest BCUT2D eigenvalue weighted by Crippen LogP contribution is -2.52. The number of hydrogen-bond acceptors (Lipinski definition) is 8. The molecule has 2 aromatic rings. The molecule has 0 spiro atoms. The van der Waals surface area contributed by atoms with Crippen LogP contribution in [0, 0.1) is 12.8 Å². The first-order chi connectivity index (χ1) is 15.2. The number of alkyl carbamates (subject to hydrolysis) is 1. The number of rotatable bonds is 7. The average Bonchev–Trinajstić information content (AvgIpc) is 2.69. The number of carbonyl (C=O) groups is 2. The number of carbonyl (C=O) groups excluding carboxylic acids is 2. The van der Waals surface area contributed by atoms with Gasteiger partial charge in [0.15, 0.2) is 0 Å². The smallest absolute Gasteiger partial charge is 0.408 e. The Kier molecular flexibility index (Phi) is 8.02. The van der Waals surface area contributed by atoms with Crippen molar-refractivity contribution in [3.05, 3.63) is 36.0 Å². The van der Waals surface area contributed by atoms with Crippen LogP contribution in [0.3, 0.4) is 0 Å². The van der Waals surface area contributed by atoms with E-state index in [-0.39, 0.29) is 16.8 Å². The van der Waals surface area contributed by atoms with Crippen molar-refractivity contribution in [2.45, 2.75) is 64.5 Å². The Hall–Kier alpha value is -3.21. The van der Waals surface area contributed by atoms with Crippen LogP contribution in [-0.4, -0.2) is 42.0 Å². The molecule has 1 aromatic carbocycles. The van der Waals surface area contributed by atoms with E-state index in [1.807, 2.05) is 6.92 Å². The molecule has 2 atom stereocenters. The number of nitrogens with two attached hydrogens (primary N) is 1. The molecule has 2 rings (SSSR count). The number of hydrogen-bond donors (Lipinski definition) is 3. The highest BCUT2D eigenvalue weighted by atomic mass is 32.2. The summed E-state index contributed by atoms with van der Waals surface area (Å²) in [5.74, 6) is -1.13. The predicted molar refractivity (Wildman–Crippen MR) is 125 cm³/mol. The van der Waals surface area contributed by atoms with E-state index in [2.05, 4.69) is 20.0 Å². The lowest BCUT2D eigenvalue weighted by molar-refractivity contribution is -0.122. The Morgan fingerprint density at radius 1 is 1.18 bits per heavy atom. The third-order valence-electron chi connectivity index (χ3n) is 4.71. The maximum Gasteiger partial charge on any atom is 0.408 e. The molecule has 0 saturated carbocycles. The van der Waals surface area contributed by atoms with Crippen molar-refractivity contribution < 1.29 is 22.7 Å². The predicted octanol–water partition coefficient (Wildman–Crippen LogP) is 2.78. The van der Waals surface area contributed by atoms with Gasteiger partial charge in [0, 0.05) is 11.3 Å². The van der Waals surface area contributed by atoms with Crippen molar-refractivity contribution in [3.63, 3.8) is 0 Å². The van der Waals surface area contributed by atoms with E-state index < -0.39 is 33.7 Å². The maximum atomic E-state index is 13.0. The Bertz CT molecular complexity index is 1110. The fraction of sp³-hybridized carbons (Fsp3) is 0.455. The lowest BCUT2D eigenvalue weighted by atomic mass is 9.99. The number of aromatic nitrogens is 2. The largest absolute Gasteiger partial charge is 0.444 e. The highest BCUT2D eigenvalue weighted by molar-refractivity contribution is 7.90. The van der Waals surface area contributed by atoms with Crippen LogP contribution in [-0.2, 0) is 19.6 Å². The van der Waals surface area contributed by atoms with E-state index >= 15 is 0 Å². The number of aryl methyl sites for hydroxylation is 1. The number of amides is 2. The molecule has 4 N–H and O–H groups in total. The summed E-state index contributed by atoms with van der Waals surface area (Å²) in [6.07, 6.45) is -0.281. The van der Waals surface area contributed by atoms with Crippen molar-refractivity contribution >= 4 is 28.0 Å². The number of ether oxygens (including phenoxy) is 1. The summed E-state index contributed by atoms with van der Waals surface area (Å²) in [5.41, 5.74) is 6.50. The fourth-order valence-electron chi connectivity index (χ4n) is 2.95. The lowest BCUT2D eigenvalue weighted by Gasteiger charge is -2.26. The number of nitrogen functional groups attached to an aromatic ring is 1. The first kappa shape index (κ1) is 26.0. The molecule has 0 saturated heterocycles. The Labute approximate surface area is 194 Å². The SMILES string of the molecule is CC[C@H](C)[C@H](NC(=O)OC(C)(C)C)C(=O)NS(=O)(=O)c1cccc(-c2cc(C)nc(N)n2)c1. The van der Waals surface area contributed by atoms with Crippen molar-refractivity contribution in [1.29, 1.82) is 0 Å². The third-order valence-corrected chi connectivity index (χ3v) is 6.06. The van der Waals surface area contributed by atoms with E-state index in [1.54, 1.807) is 46.8 Å². The highest BCUT2D eigenvalue weighted by Crippen LogP contribution is 2.22. The minimum Gasteiger partial charge on any atom is -0.444 e. The van der Waals surface area contributed by atoms with Crippen LogP contribution in [0.4, 0.5) is 10.7 Å². The van der Waals surface area contributed by atoms with Gasteiger partial charge in [0.2, 0.25) is 5.95 Å². The van der Waals surface area contributed by atoms with Gasteiger partial charge in [-0.1, -0.05) is 32.4 Å². The molecule has 0 radical (unpaired) electrons.